The fourth-order valence-electron chi connectivity index (χ4n) is 2.33. The Bertz CT molecular complexity index is 207. The van der Waals surface area contributed by atoms with Gasteiger partial charge in [-0.1, -0.05) is 13.8 Å². The quantitative estimate of drug-likeness (QED) is 0.742. The average Bonchev–Trinajstić information content (AvgIpc) is 2.23. The largest absolute Gasteiger partial charge is 0.313 e. The molecule has 0 aromatic heterocycles. The van der Waals surface area contributed by atoms with Crippen LogP contribution in [-0.2, 0) is 0 Å². The normalized spacial score (nSPS) is 32.9. The number of rotatable bonds is 3. The van der Waals surface area contributed by atoms with Crippen molar-refractivity contribution in [1.29, 1.82) is 5.26 Å². The number of nitriles is 1. The van der Waals surface area contributed by atoms with Gasteiger partial charge in [0.25, 0.3) is 0 Å². The maximum atomic E-state index is 8.90. The molecule has 0 aromatic rings. The third kappa shape index (κ3) is 2.46. The predicted molar refractivity (Wildman–Crippen MR) is 57.7 cm³/mol. The minimum absolute atomic E-state index is 0.538. The molecular weight excluding hydrogens is 174 g/mol. The summed E-state index contributed by atoms with van der Waals surface area (Å²) in [6.07, 6.45) is 3.85. The standard InChI is InChI=1S/C11H21N3/c1-3-14(4-2)10-5-7-11(13,9-12)8-6-10/h10H,3-8,13H2,1-2H3. The van der Waals surface area contributed by atoms with Gasteiger partial charge in [-0.3, -0.25) is 0 Å². The molecule has 3 heteroatoms. The Morgan fingerprint density at radius 2 is 1.86 bits per heavy atom. The smallest absolute Gasteiger partial charge is 0.104 e. The molecule has 0 unspecified atom stereocenters. The van der Waals surface area contributed by atoms with E-state index in [1.165, 1.54) is 0 Å². The molecule has 80 valence electrons. The third-order valence-corrected chi connectivity index (χ3v) is 3.40. The topological polar surface area (TPSA) is 53.0 Å². The Hall–Kier alpha value is -0.590. The number of nitrogens with zero attached hydrogens (tertiary/aromatic N) is 2. The monoisotopic (exact) mass is 195 g/mol. The van der Waals surface area contributed by atoms with E-state index in [0.29, 0.717) is 6.04 Å². The van der Waals surface area contributed by atoms with E-state index in [1.54, 1.807) is 0 Å². The second-order valence-electron chi connectivity index (χ2n) is 4.22. The first-order valence-corrected chi connectivity index (χ1v) is 5.59. The van der Waals surface area contributed by atoms with Gasteiger partial charge in [0.05, 0.1) is 6.07 Å². The van der Waals surface area contributed by atoms with E-state index in [0.717, 1.165) is 38.8 Å². The minimum Gasteiger partial charge on any atom is -0.313 e. The summed E-state index contributed by atoms with van der Waals surface area (Å²) in [6, 6.07) is 2.88. The maximum absolute atomic E-state index is 8.90. The lowest BCUT2D eigenvalue weighted by atomic mass is 9.80. The van der Waals surface area contributed by atoms with Crippen LogP contribution >= 0.6 is 0 Å². The zero-order valence-corrected chi connectivity index (χ0v) is 9.29. The van der Waals surface area contributed by atoms with Gasteiger partial charge in [-0.15, -0.1) is 0 Å². The van der Waals surface area contributed by atoms with Crippen LogP contribution in [0.15, 0.2) is 0 Å². The highest BCUT2D eigenvalue weighted by atomic mass is 15.1. The lowest BCUT2D eigenvalue weighted by molar-refractivity contribution is 0.151. The fraction of sp³-hybridized carbons (Fsp3) is 0.909. The lowest BCUT2D eigenvalue weighted by Gasteiger charge is -2.37. The van der Waals surface area contributed by atoms with Crippen molar-refractivity contribution in [2.45, 2.75) is 51.1 Å². The van der Waals surface area contributed by atoms with Gasteiger partial charge in [0.15, 0.2) is 0 Å². The first-order valence-electron chi connectivity index (χ1n) is 5.59. The second kappa shape index (κ2) is 4.77. The highest BCUT2D eigenvalue weighted by Gasteiger charge is 2.33. The van der Waals surface area contributed by atoms with Crippen LogP contribution in [0.3, 0.4) is 0 Å². The Kier molecular flexibility index (Phi) is 3.91. The Balaban J connectivity index is 2.47. The van der Waals surface area contributed by atoms with Gasteiger partial charge in [0.2, 0.25) is 0 Å². The van der Waals surface area contributed by atoms with Crippen molar-refractivity contribution in [1.82, 2.24) is 4.90 Å². The molecule has 0 saturated heterocycles. The summed E-state index contributed by atoms with van der Waals surface area (Å²) in [7, 11) is 0. The van der Waals surface area contributed by atoms with Crippen molar-refractivity contribution < 1.29 is 0 Å². The van der Waals surface area contributed by atoms with Crippen molar-refractivity contribution in [3.05, 3.63) is 0 Å². The molecular formula is C11H21N3. The summed E-state index contributed by atoms with van der Waals surface area (Å²) >= 11 is 0. The molecule has 0 radical (unpaired) electrons. The van der Waals surface area contributed by atoms with Crippen LogP contribution in [0.1, 0.15) is 39.5 Å². The van der Waals surface area contributed by atoms with E-state index in [1.807, 2.05) is 0 Å². The molecule has 0 aliphatic heterocycles. The molecule has 0 spiro atoms. The molecule has 1 aliphatic carbocycles. The van der Waals surface area contributed by atoms with Crippen LogP contribution in [0, 0.1) is 11.3 Å². The first kappa shape index (κ1) is 11.5. The van der Waals surface area contributed by atoms with Crippen molar-refractivity contribution in [3.8, 4) is 6.07 Å². The van der Waals surface area contributed by atoms with E-state index >= 15 is 0 Å². The van der Waals surface area contributed by atoms with Gasteiger partial charge < -0.3 is 10.6 Å². The molecule has 2 N–H and O–H groups in total. The molecule has 1 saturated carbocycles. The van der Waals surface area contributed by atoms with E-state index in [2.05, 4.69) is 24.8 Å². The lowest BCUT2D eigenvalue weighted by Crippen LogP contribution is -2.47. The first-order chi connectivity index (χ1) is 6.65. The molecule has 14 heavy (non-hydrogen) atoms. The molecule has 0 aromatic carbocycles. The van der Waals surface area contributed by atoms with Crippen LogP contribution in [0.5, 0.6) is 0 Å². The maximum Gasteiger partial charge on any atom is 0.104 e. The summed E-state index contributed by atoms with van der Waals surface area (Å²) in [5.74, 6) is 0. The number of hydrogen-bond acceptors (Lipinski definition) is 3. The summed E-state index contributed by atoms with van der Waals surface area (Å²) in [4.78, 5) is 2.47. The number of hydrogen-bond donors (Lipinski definition) is 1. The highest BCUT2D eigenvalue weighted by molar-refractivity contribution is 5.07. The van der Waals surface area contributed by atoms with Crippen LogP contribution in [0.4, 0.5) is 0 Å². The van der Waals surface area contributed by atoms with Crippen LogP contribution in [-0.4, -0.2) is 29.6 Å². The Morgan fingerprint density at radius 1 is 1.36 bits per heavy atom. The van der Waals surface area contributed by atoms with Crippen molar-refractivity contribution >= 4 is 0 Å². The van der Waals surface area contributed by atoms with Crippen molar-refractivity contribution in [3.63, 3.8) is 0 Å². The average molecular weight is 195 g/mol. The molecule has 0 amide bonds. The van der Waals surface area contributed by atoms with Crippen LogP contribution in [0.2, 0.25) is 0 Å². The zero-order chi connectivity index (χ0) is 10.6. The summed E-state index contributed by atoms with van der Waals surface area (Å²) in [5, 5.41) is 8.90. The summed E-state index contributed by atoms with van der Waals surface area (Å²) < 4.78 is 0. The van der Waals surface area contributed by atoms with Crippen LogP contribution in [0.25, 0.3) is 0 Å². The van der Waals surface area contributed by atoms with Gasteiger partial charge in [0, 0.05) is 6.04 Å². The zero-order valence-electron chi connectivity index (χ0n) is 9.29. The molecule has 3 nitrogen and oxygen atoms in total. The molecule has 0 atom stereocenters. The van der Waals surface area contributed by atoms with E-state index in [-0.39, 0.29) is 0 Å². The molecule has 1 fully saturated rings. The molecule has 1 aliphatic rings. The Morgan fingerprint density at radius 3 is 2.21 bits per heavy atom. The third-order valence-electron chi connectivity index (χ3n) is 3.40. The van der Waals surface area contributed by atoms with Crippen molar-refractivity contribution in [2.24, 2.45) is 5.73 Å². The van der Waals surface area contributed by atoms with Crippen LogP contribution < -0.4 is 5.73 Å². The predicted octanol–water partition coefficient (Wildman–Crippen LogP) is 1.49. The van der Waals surface area contributed by atoms with Gasteiger partial charge in [-0.2, -0.15) is 5.26 Å². The summed E-state index contributed by atoms with van der Waals surface area (Å²) in [5.41, 5.74) is 5.39. The van der Waals surface area contributed by atoms with Gasteiger partial charge in [-0.25, -0.2) is 0 Å². The Labute approximate surface area is 86.9 Å². The van der Waals surface area contributed by atoms with Gasteiger partial charge in [-0.05, 0) is 38.8 Å². The van der Waals surface area contributed by atoms with Gasteiger partial charge in [0.1, 0.15) is 5.54 Å². The number of nitrogens with two attached hydrogens (primary N) is 1. The van der Waals surface area contributed by atoms with Crippen molar-refractivity contribution in [2.75, 3.05) is 13.1 Å². The molecule has 0 heterocycles. The SMILES string of the molecule is CCN(CC)C1CCC(N)(C#N)CC1. The van der Waals surface area contributed by atoms with E-state index < -0.39 is 5.54 Å². The molecule has 0 bridgehead atoms. The van der Waals surface area contributed by atoms with E-state index in [4.69, 9.17) is 11.0 Å². The fourth-order valence-corrected chi connectivity index (χ4v) is 2.33. The highest BCUT2D eigenvalue weighted by Crippen LogP contribution is 2.28. The van der Waals surface area contributed by atoms with E-state index in [9.17, 15) is 0 Å². The van der Waals surface area contributed by atoms with Gasteiger partial charge >= 0.3 is 0 Å². The molecule has 1 rings (SSSR count). The minimum atomic E-state index is -0.538. The second-order valence-corrected chi connectivity index (χ2v) is 4.22. The summed E-state index contributed by atoms with van der Waals surface area (Å²) in [6.45, 7) is 6.59.